The van der Waals surface area contributed by atoms with E-state index in [2.05, 4.69) is 5.32 Å². The summed E-state index contributed by atoms with van der Waals surface area (Å²) in [6.07, 6.45) is 0. The maximum absolute atomic E-state index is 12.3. The van der Waals surface area contributed by atoms with Gasteiger partial charge in [0.25, 0.3) is 0 Å². The molecule has 0 bridgehead atoms. The Hall–Kier alpha value is -2.33. The van der Waals surface area contributed by atoms with E-state index in [0.29, 0.717) is 10.7 Å². The normalized spacial score (nSPS) is 10.4. The zero-order valence-corrected chi connectivity index (χ0v) is 15.1. The van der Waals surface area contributed by atoms with Crippen LogP contribution in [0.15, 0.2) is 36.4 Å². The fourth-order valence-corrected chi connectivity index (χ4v) is 2.57. The molecule has 5 heteroatoms. The second-order valence-electron chi connectivity index (χ2n) is 5.91. The van der Waals surface area contributed by atoms with Gasteiger partial charge in [-0.25, -0.2) is 0 Å². The van der Waals surface area contributed by atoms with Crippen molar-refractivity contribution in [1.82, 2.24) is 0 Å². The molecule has 24 heavy (non-hydrogen) atoms. The fourth-order valence-electron chi connectivity index (χ4n) is 2.39. The number of hydrogen-bond acceptors (Lipinski definition) is 2. The van der Waals surface area contributed by atoms with Crippen LogP contribution in [-0.4, -0.2) is 18.4 Å². The molecule has 1 N–H and O–H groups in total. The Labute approximate surface area is 147 Å². The molecular weight excluding hydrogens is 324 g/mol. The van der Waals surface area contributed by atoms with Crippen LogP contribution in [0.2, 0.25) is 5.02 Å². The molecule has 2 rings (SSSR count). The Balaban J connectivity index is 2.18. The van der Waals surface area contributed by atoms with Crippen molar-refractivity contribution in [2.75, 3.05) is 16.8 Å². The van der Waals surface area contributed by atoms with Gasteiger partial charge in [-0.3, -0.25) is 9.59 Å². The van der Waals surface area contributed by atoms with Gasteiger partial charge in [-0.05, 0) is 55.7 Å². The molecular formula is C19H21ClN2O2. The van der Waals surface area contributed by atoms with Gasteiger partial charge in [0.05, 0.1) is 0 Å². The highest BCUT2D eigenvalue weighted by molar-refractivity contribution is 6.31. The quantitative estimate of drug-likeness (QED) is 0.901. The summed E-state index contributed by atoms with van der Waals surface area (Å²) in [5.74, 6) is -0.452. The fraction of sp³-hybridized carbons (Fsp3) is 0.263. The van der Waals surface area contributed by atoms with Crippen molar-refractivity contribution >= 4 is 34.8 Å². The molecule has 0 aliphatic heterocycles. The summed E-state index contributed by atoms with van der Waals surface area (Å²) >= 11 is 6.07. The van der Waals surface area contributed by atoms with E-state index in [-0.39, 0.29) is 18.4 Å². The van der Waals surface area contributed by atoms with E-state index in [9.17, 15) is 9.59 Å². The van der Waals surface area contributed by atoms with Gasteiger partial charge in [-0.1, -0.05) is 29.8 Å². The van der Waals surface area contributed by atoms with E-state index in [1.807, 2.05) is 45.0 Å². The second kappa shape index (κ2) is 7.49. The first-order chi connectivity index (χ1) is 11.3. The van der Waals surface area contributed by atoms with Crippen LogP contribution in [0.3, 0.4) is 0 Å². The first-order valence-electron chi connectivity index (χ1n) is 7.69. The summed E-state index contributed by atoms with van der Waals surface area (Å²) in [7, 11) is 0. The highest BCUT2D eigenvalue weighted by Crippen LogP contribution is 2.23. The molecule has 0 spiro atoms. The molecule has 0 aliphatic carbocycles. The van der Waals surface area contributed by atoms with Gasteiger partial charge in [0.2, 0.25) is 11.8 Å². The minimum atomic E-state index is -0.272. The number of anilines is 2. The predicted molar refractivity (Wildman–Crippen MR) is 98.8 cm³/mol. The number of carbonyl (C=O) groups is 2. The second-order valence-corrected chi connectivity index (χ2v) is 6.31. The highest BCUT2D eigenvalue weighted by Gasteiger charge is 2.18. The Kier molecular flexibility index (Phi) is 5.62. The van der Waals surface area contributed by atoms with Gasteiger partial charge in [0, 0.05) is 23.3 Å². The minimum absolute atomic E-state index is 0.0505. The van der Waals surface area contributed by atoms with E-state index >= 15 is 0 Å². The SMILES string of the molecule is CC(=O)N(CC(=O)Nc1ccc(C)c(Cl)c1)c1cc(C)ccc1C. The smallest absolute Gasteiger partial charge is 0.244 e. The first kappa shape index (κ1) is 18.0. The largest absolute Gasteiger partial charge is 0.324 e. The van der Waals surface area contributed by atoms with Crippen molar-refractivity contribution in [3.8, 4) is 0 Å². The van der Waals surface area contributed by atoms with E-state index in [4.69, 9.17) is 11.6 Å². The highest BCUT2D eigenvalue weighted by atomic mass is 35.5. The topological polar surface area (TPSA) is 49.4 Å². The molecule has 2 amide bonds. The molecule has 0 aliphatic rings. The summed E-state index contributed by atoms with van der Waals surface area (Å²) < 4.78 is 0. The number of carbonyl (C=O) groups excluding carboxylic acids is 2. The zero-order valence-electron chi connectivity index (χ0n) is 14.3. The molecule has 2 aromatic carbocycles. The summed E-state index contributed by atoms with van der Waals surface area (Å²) in [6, 6.07) is 11.2. The van der Waals surface area contributed by atoms with Crippen LogP contribution >= 0.6 is 11.6 Å². The number of rotatable bonds is 4. The molecule has 2 aromatic rings. The zero-order chi connectivity index (χ0) is 17.9. The first-order valence-corrected chi connectivity index (χ1v) is 8.07. The Bertz CT molecular complexity index is 787. The van der Waals surface area contributed by atoms with Crippen molar-refractivity contribution in [3.05, 3.63) is 58.1 Å². The van der Waals surface area contributed by atoms with Crippen LogP contribution in [0.1, 0.15) is 23.6 Å². The van der Waals surface area contributed by atoms with E-state index in [1.165, 1.54) is 11.8 Å². The number of benzene rings is 2. The summed E-state index contributed by atoms with van der Waals surface area (Å²) in [6.45, 7) is 7.17. The van der Waals surface area contributed by atoms with Crippen molar-refractivity contribution in [1.29, 1.82) is 0 Å². The number of nitrogens with one attached hydrogen (secondary N) is 1. The molecule has 0 atom stereocenters. The number of halogens is 1. The maximum Gasteiger partial charge on any atom is 0.244 e. The van der Waals surface area contributed by atoms with Gasteiger partial charge in [0.15, 0.2) is 0 Å². The summed E-state index contributed by atoms with van der Waals surface area (Å²) in [5, 5.41) is 3.37. The Morgan fingerprint density at radius 1 is 1.04 bits per heavy atom. The van der Waals surface area contributed by atoms with Gasteiger partial charge in [-0.15, -0.1) is 0 Å². The molecule has 126 valence electrons. The standard InChI is InChI=1S/C19H21ClN2O2/c1-12-5-6-14(3)18(9-12)22(15(4)23)11-19(24)21-16-8-7-13(2)17(20)10-16/h5-10H,11H2,1-4H3,(H,21,24). The molecule has 0 fully saturated rings. The van der Waals surface area contributed by atoms with Crippen LogP contribution in [-0.2, 0) is 9.59 Å². The number of nitrogens with zero attached hydrogens (tertiary/aromatic N) is 1. The Morgan fingerprint density at radius 3 is 2.33 bits per heavy atom. The number of hydrogen-bond donors (Lipinski definition) is 1. The lowest BCUT2D eigenvalue weighted by Gasteiger charge is -2.23. The van der Waals surface area contributed by atoms with Crippen LogP contribution < -0.4 is 10.2 Å². The van der Waals surface area contributed by atoms with E-state index < -0.39 is 0 Å². The monoisotopic (exact) mass is 344 g/mol. The Morgan fingerprint density at radius 2 is 1.71 bits per heavy atom. The number of aryl methyl sites for hydroxylation is 3. The lowest BCUT2D eigenvalue weighted by Crippen LogP contribution is -2.37. The molecule has 0 saturated heterocycles. The molecule has 0 radical (unpaired) electrons. The van der Waals surface area contributed by atoms with E-state index in [0.717, 1.165) is 22.4 Å². The lowest BCUT2D eigenvalue weighted by molar-refractivity contribution is -0.120. The molecule has 0 saturated carbocycles. The molecule has 0 heterocycles. The molecule has 0 aromatic heterocycles. The number of amides is 2. The van der Waals surface area contributed by atoms with Crippen molar-refractivity contribution in [2.24, 2.45) is 0 Å². The summed E-state index contributed by atoms with van der Waals surface area (Å²) in [5.41, 5.74) is 4.28. The average molecular weight is 345 g/mol. The van der Waals surface area contributed by atoms with E-state index in [1.54, 1.807) is 12.1 Å². The van der Waals surface area contributed by atoms with Crippen molar-refractivity contribution < 1.29 is 9.59 Å². The van der Waals surface area contributed by atoms with Crippen LogP contribution in [0, 0.1) is 20.8 Å². The third kappa shape index (κ3) is 4.36. The van der Waals surface area contributed by atoms with Gasteiger partial charge >= 0.3 is 0 Å². The minimum Gasteiger partial charge on any atom is -0.324 e. The maximum atomic E-state index is 12.3. The van der Waals surface area contributed by atoms with Crippen LogP contribution in [0.4, 0.5) is 11.4 Å². The van der Waals surface area contributed by atoms with Crippen LogP contribution in [0.25, 0.3) is 0 Å². The summed E-state index contributed by atoms with van der Waals surface area (Å²) in [4.78, 5) is 25.8. The van der Waals surface area contributed by atoms with Gasteiger partial charge in [-0.2, -0.15) is 0 Å². The third-order valence-corrected chi connectivity index (χ3v) is 4.20. The van der Waals surface area contributed by atoms with Crippen molar-refractivity contribution in [3.63, 3.8) is 0 Å². The van der Waals surface area contributed by atoms with Gasteiger partial charge < -0.3 is 10.2 Å². The predicted octanol–water partition coefficient (Wildman–Crippen LogP) is 4.26. The van der Waals surface area contributed by atoms with Crippen molar-refractivity contribution in [2.45, 2.75) is 27.7 Å². The molecule has 0 unspecified atom stereocenters. The average Bonchev–Trinajstić information content (AvgIpc) is 2.51. The van der Waals surface area contributed by atoms with Gasteiger partial charge in [0.1, 0.15) is 6.54 Å². The molecule has 4 nitrogen and oxygen atoms in total. The third-order valence-electron chi connectivity index (χ3n) is 3.79. The lowest BCUT2D eigenvalue weighted by atomic mass is 10.1. The van der Waals surface area contributed by atoms with Crippen LogP contribution in [0.5, 0.6) is 0 Å².